The van der Waals surface area contributed by atoms with Crippen LogP contribution in [0.2, 0.25) is 0 Å². The molecule has 2 aromatic rings. The van der Waals surface area contributed by atoms with Crippen LogP contribution in [0.5, 0.6) is 0 Å². The third kappa shape index (κ3) is 1.31. The van der Waals surface area contributed by atoms with Gasteiger partial charge in [-0.3, -0.25) is 0 Å². The van der Waals surface area contributed by atoms with Gasteiger partial charge in [0.1, 0.15) is 12.1 Å². The van der Waals surface area contributed by atoms with Crippen LogP contribution in [0.3, 0.4) is 0 Å². The first kappa shape index (κ1) is 9.45. The fourth-order valence-corrected chi connectivity index (χ4v) is 2.12. The van der Waals surface area contributed by atoms with Gasteiger partial charge in [0.25, 0.3) is 0 Å². The highest BCUT2D eigenvalue weighted by molar-refractivity contribution is 5.23. The Morgan fingerprint density at radius 1 is 1.38 bits per heavy atom. The van der Waals surface area contributed by atoms with Crippen molar-refractivity contribution in [2.75, 3.05) is 0 Å². The van der Waals surface area contributed by atoms with Crippen LogP contribution in [0.1, 0.15) is 30.0 Å². The van der Waals surface area contributed by atoms with Gasteiger partial charge < -0.3 is 0 Å². The molecule has 1 aromatic carbocycles. The van der Waals surface area contributed by atoms with Crippen molar-refractivity contribution in [1.82, 2.24) is 14.8 Å². The fourth-order valence-electron chi connectivity index (χ4n) is 2.12. The Kier molecular flexibility index (Phi) is 1.99. The number of benzene rings is 1. The molecule has 2 heterocycles. The maximum absolute atomic E-state index is 13.6. The predicted octanol–water partition coefficient (Wildman–Crippen LogP) is 2.42. The van der Waals surface area contributed by atoms with Gasteiger partial charge in [0, 0.05) is 6.42 Å². The molecule has 1 aromatic heterocycles. The van der Waals surface area contributed by atoms with Gasteiger partial charge in [-0.25, -0.2) is 18.4 Å². The van der Waals surface area contributed by atoms with Crippen molar-refractivity contribution < 1.29 is 8.78 Å². The molecule has 2 unspecified atom stereocenters. The van der Waals surface area contributed by atoms with Crippen LogP contribution in [0.15, 0.2) is 30.6 Å². The topological polar surface area (TPSA) is 30.7 Å². The van der Waals surface area contributed by atoms with Crippen LogP contribution < -0.4 is 0 Å². The van der Waals surface area contributed by atoms with Crippen molar-refractivity contribution in [1.29, 1.82) is 0 Å². The molecule has 82 valence electrons. The molecule has 16 heavy (non-hydrogen) atoms. The molecule has 5 heteroatoms. The van der Waals surface area contributed by atoms with Crippen molar-refractivity contribution >= 4 is 0 Å². The second-order valence-corrected chi connectivity index (χ2v) is 3.84. The largest absolute Gasteiger partial charge is 0.240 e. The molecule has 1 aliphatic rings. The highest BCUT2D eigenvalue weighted by Crippen LogP contribution is 2.38. The van der Waals surface area contributed by atoms with E-state index in [-0.39, 0.29) is 18.3 Å². The summed E-state index contributed by atoms with van der Waals surface area (Å²) in [6.07, 6.45) is 0.489. The number of hydrogen-bond acceptors (Lipinski definition) is 2. The maximum Gasteiger partial charge on any atom is 0.162 e. The van der Waals surface area contributed by atoms with E-state index in [1.165, 1.54) is 23.1 Å². The molecule has 0 aliphatic carbocycles. The molecule has 3 rings (SSSR count). The van der Waals surface area contributed by atoms with Gasteiger partial charge in [-0.1, -0.05) is 12.1 Å². The molecule has 0 saturated carbocycles. The van der Waals surface area contributed by atoms with Crippen molar-refractivity contribution in [3.8, 4) is 0 Å². The number of aromatic nitrogens is 3. The second-order valence-electron chi connectivity index (χ2n) is 3.84. The molecule has 0 fully saturated rings. The Labute approximate surface area is 90.7 Å². The zero-order chi connectivity index (χ0) is 11.1. The second kappa shape index (κ2) is 3.37. The summed E-state index contributed by atoms with van der Waals surface area (Å²) in [6.45, 7) is 0. The van der Waals surface area contributed by atoms with Crippen molar-refractivity contribution in [3.05, 3.63) is 47.8 Å². The summed E-state index contributed by atoms with van der Waals surface area (Å²) in [5, 5.41) is 3.98. The van der Waals surface area contributed by atoms with Crippen LogP contribution in [0.4, 0.5) is 8.78 Å². The summed E-state index contributed by atoms with van der Waals surface area (Å²) in [7, 11) is 0. The van der Waals surface area contributed by atoms with Gasteiger partial charge in [-0.2, -0.15) is 5.10 Å². The average Bonchev–Trinajstić information content (AvgIpc) is 2.83. The molecule has 0 radical (unpaired) electrons. The Balaban J connectivity index is 2.05. The van der Waals surface area contributed by atoms with E-state index < -0.39 is 6.17 Å². The quantitative estimate of drug-likeness (QED) is 0.740. The standard InChI is InChI=1S/C11H9F2N3/c12-8-3-1-2-7(4-8)10-5-9(13)11-14-6-15-16(10)11/h1-4,6,9-10H,5H2. The molecular weight excluding hydrogens is 212 g/mol. The number of rotatable bonds is 1. The van der Waals surface area contributed by atoms with Gasteiger partial charge in [-0.15, -0.1) is 0 Å². The minimum atomic E-state index is -1.12. The van der Waals surface area contributed by atoms with Crippen LogP contribution in [0.25, 0.3) is 0 Å². The molecule has 0 amide bonds. The third-order valence-electron chi connectivity index (χ3n) is 2.84. The Morgan fingerprint density at radius 3 is 3.06 bits per heavy atom. The molecule has 1 aliphatic heterocycles. The molecule has 0 saturated heterocycles. The highest BCUT2D eigenvalue weighted by atomic mass is 19.1. The minimum Gasteiger partial charge on any atom is -0.240 e. The monoisotopic (exact) mass is 221 g/mol. The third-order valence-corrected chi connectivity index (χ3v) is 2.84. The fraction of sp³-hybridized carbons (Fsp3) is 0.273. The van der Waals surface area contributed by atoms with Gasteiger partial charge in [0.2, 0.25) is 0 Å². The Hall–Kier alpha value is -1.78. The van der Waals surface area contributed by atoms with Gasteiger partial charge in [-0.05, 0) is 17.7 Å². The number of nitrogens with zero attached hydrogens (tertiary/aromatic N) is 3. The molecule has 3 nitrogen and oxygen atoms in total. The molecular formula is C11H9F2N3. The van der Waals surface area contributed by atoms with Gasteiger partial charge >= 0.3 is 0 Å². The summed E-state index contributed by atoms with van der Waals surface area (Å²) < 4.78 is 28.2. The summed E-state index contributed by atoms with van der Waals surface area (Å²) in [5.41, 5.74) is 0.729. The Bertz CT molecular complexity index is 523. The van der Waals surface area contributed by atoms with Crippen molar-refractivity contribution in [2.45, 2.75) is 18.6 Å². The first-order valence-electron chi connectivity index (χ1n) is 5.04. The number of fused-ring (bicyclic) bond motifs is 1. The molecule has 2 atom stereocenters. The first-order chi connectivity index (χ1) is 7.75. The summed E-state index contributed by atoms with van der Waals surface area (Å²) in [5.74, 6) is 0.00994. The van der Waals surface area contributed by atoms with E-state index in [1.54, 1.807) is 12.1 Å². The lowest BCUT2D eigenvalue weighted by Crippen LogP contribution is -2.07. The average molecular weight is 221 g/mol. The molecule has 0 bridgehead atoms. The lowest BCUT2D eigenvalue weighted by Gasteiger charge is -2.11. The van der Waals surface area contributed by atoms with E-state index in [0.717, 1.165) is 5.56 Å². The van der Waals surface area contributed by atoms with E-state index in [0.29, 0.717) is 5.82 Å². The van der Waals surface area contributed by atoms with E-state index in [9.17, 15) is 8.78 Å². The number of hydrogen-bond donors (Lipinski definition) is 0. The SMILES string of the molecule is Fc1cccc(C2CC(F)c3ncnn32)c1. The van der Waals surface area contributed by atoms with Gasteiger partial charge in [0.15, 0.2) is 12.0 Å². The Morgan fingerprint density at radius 2 is 2.25 bits per heavy atom. The normalized spacial score (nSPS) is 23.4. The minimum absolute atomic E-state index is 0.247. The zero-order valence-corrected chi connectivity index (χ0v) is 8.35. The molecule has 0 N–H and O–H groups in total. The molecule has 0 spiro atoms. The van der Waals surface area contributed by atoms with Crippen molar-refractivity contribution in [3.63, 3.8) is 0 Å². The number of halogens is 2. The summed E-state index contributed by atoms with van der Waals surface area (Å²) in [6, 6.07) is 5.93. The van der Waals surface area contributed by atoms with Crippen LogP contribution in [-0.2, 0) is 0 Å². The lowest BCUT2D eigenvalue weighted by molar-refractivity contribution is 0.328. The lowest BCUT2D eigenvalue weighted by atomic mass is 10.0. The zero-order valence-electron chi connectivity index (χ0n) is 8.35. The van der Waals surface area contributed by atoms with E-state index in [2.05, 4.69) is 10.1 Å². The predicted molar refractivity (Wildman–Crippen MR) is 53.0 cm³/mol. The van der Waals surface area contributed by atoms with Crippen molar-refractivity contribution in [2.24, 2.45) is 0 Å². The maximum atomic E-state index is 13.6. The summed E-state index contributed by atoms with van der Waals surface area (Å²) in [4.78, 5) is 3.86. The number of alkyl halides is 1. The van der Waals surface area contributed by atoms with E-state index in [1.807, 2.05) is 0 Å². The first-order valence-corrected chi connectivity index (χ1v) is 5.04. The van der Waals surface area contributed by atoms with Crippen LogP contribution >= 0.6 is 0 Å². The van der Waals surface area contributed by atoms with Crippen LogP contribution in [-0.4, -0.2) is 14.8 Å². The smallest absolute Gasteiger partial charge is 0.162 e. The highest BCUT2D eigenvalue weighted by Gasteiger charge is 2.33. The summed E-state index contributed by atoms with van der Waals surface area (Å²) >= 11 is 0. The van der Waals surface area contributed by atoms with Crippen LogP contribution in [0, 0.1) is 5.82 Å². The van der Waals surface area contributed by atoms with E-state index in [4.69, 9.17) is 0 Å². The van der Waals surface area contributed by atoms with Gasteiger partial charge in [0.05, 0.1) is 6.04 Å². The van der Waals surface area contributed by atoms with E-state index >= 15 is 0 Å².